The molecule has 0 bridgehead atoms. The smallest absolute Gasteiger partial charge is 0.260 e. The second kappa shape index (κ2) is 10.6. The molecule has 1 aliphatic heterocycles. The van der Waals surface area contributed by atoms with Crippen LogP contribution in [0.2, 0.25) is 0 Å². The van der Waals surface area contributed by atoms with Crippen molar-refractivity contribution in [3.63, 3.8) is 0 Å². The fraction of sp³-hybridized carbons (Fsp3) is 0.333. The molecule has 3 aromatic rings. The summed E-state index contributed by atoms with van der Waals surface area (Å²) >= 11 is 1.26. The summed E-state index contributed by atoms with van der Waals surface area (Å²) in [5.41, 5.74) is 8.22. The monoisotopic (exact) mass is 481 g/mol. The first kappa shape index (κ1) is 23.7. The van der Waals surface area contributed by atoms with Gasteiger partial charge in [0.05, 0.1) is 29.9 Å². The summed E-state index contributed by atoms with van der Waals surface area (Å²) in [6.07, 6.45) is 3.28. The van der Waals surface area contributed by atoms with Gasteiger partial charge in [0, 0.05) is 24.2 Å². The summed E-state index contributed by atoms with van der Waals surface area (Å²) in [6.45, 7) is 3.85. The average Bonchev–Trinajstić information content (AvgIpc) is 3.43. The standard InChI is InChI=1S/C24H27N5O4S/c1-15-19(8-10-33-15)23(32)28-24-26-18(14-34-24)11-21(30)27-20-7-3-2-5-16(20)12-29-9-4-6-17(13-29)22(25)31/h2-3,5,7-8,10,14,17H,4,6,9,11-13H2,1H3,(H2,25,31)(H,27,30)(H,26,28,32). The highest BCUT2D eigenvalue weighted by Crippen LogP contribution is 2.23. The van der Waals surface area contributed by atoms with E-state index in [1.165, 1.54) is 17.6 Å². The number of piperidine rings is 1. The van der Waals surface area contributed by atoms with Gasteiger partial charge in [-0.05, 0) is 44.0 Å². The molecule has 10 heteroatoms. The van der Waals surface area contributed by atoms with E-state index in [0.29, 0.717) is 35.2 Å². The first-order valence-corrected chi connectivity index (χ1v) is 12.0. The second-order valence-electron chi connectivity index (χ2n) is 8.35. The minimum Gasteiger partial charge on any atom is -0.469 e. The van der Waals surface area contributed by atoms with Crippen LogP contribution in [0.25, 0.3) is 0 Å². The minimum atomic E-state index is -0.304. The topological polar surface area (TPSA) is 131 Å². The number of hydrogen-bond donors (Lipinski definition) is 3. The van der Waals surface area contributed by atoms with Crippen LogP contribution in [0.4, 0.5) is 10.8 Å². The number of para-hydroxylation sites is 1. The number of benzene rings is 1. The Balaban J connectivity index is 1.34. The van der Waals surface area contributed by atoms with Crippen molar-refractivity contribution in [1.82, 2.24) is 9.88 Å². The van der Waals surface area contributed by atoms with Crippen LogP contribution >= 0.6 is 11.3 Å². The largest absolute Gasteiger partial charge is 0.469 e. The number of rotatable bonds is 8. The Morgan fingerprint density at radius 1 is 1.24 bits per heavy atom. The summed E-state index contributed by atoms with van der Waals surface area (Å²) in [5.74, 6) is -0.365. The zero-order chi connectivity index (χ0) is 24.1. The lowest BCUT2D eigenvalue weighted by molar-refractivity contribution is -0.123. The zero-order valence-corrected chi connectivity index (χ0v) is 19.7. The molecule has 3 heterocycles. The van der Waals surface area contributed by atoms with Crippen molar-refractivity contribution in [2.45, 2.75) is 32.7 Å². The molecule has 4 N–H and O–H groups in total. The van der Waals surface area contributed by atoms with Gasteiger partial charge in [-0.2, -0.15) is 0 Å². The lowest BCUT2D eigenvalue weighted by Crippen LogP contribution is -2.40. The number of nitrogens with zero attached hydrogens (tertiary/aromatic N) is 2. The molecular weight excluding hydrogens is 454 g/mol. The van der Waals surface area contributed by atoms with Gasteiger partial charge in [-0.25, -0.2) is 4.98 Å². The molecule has 1 aliphatic rings. The van der Waals surface area contributed by atoms with Crippen LogP contribution in [0.1, 0.15) is 40.2 Å². The van der Waals surface area contributed by atoms with E-state index in [4.69, 9.17) is 10.2 Å². The van der Waals surface area contributed by atoms with Crippen molar-refractivity contribution in [3.8, 4) is 0 Å². The van der Waals surface area contributed by atoms with E-state index >= 15 is 0 Å². The fourth-order valence-electron chi connectivity index (χ4n) is 4.04. The summed E-state index contributed by atoms with van der Waals surface area (Å²) in [4.78, 5) is 43.2. The van der Waals surface area contributed by atoms with Crippen LogP contribution in [0.15, 0.2) is 46.4 Å². The Morgan fingerprint density at radius 3 is 2.82 bits per heavy atom. The Morgan fingerprint density at radius 2 is 2.06 bits per heavy atom. The molecule has 4 rings (SSSR count). The third kappa shape index (κ3) is 5.89. The van der Waals surface area contributed by atoms with Crippen LogP contribution < -0.4 is 16.4 Å². The van der Waals surface area contributed by atoms with Gasteiger partial charge in [-0.3, -0.25) is 24.6 Å². The molecule has 0 aliphatic carbocycles. The van der Waals surface area contributed by atoms with Crippen LogP contribution in [0, 0.1) is 12.8 Å². The predicted octanol–water partition coefficient (Wildman–Crippen LogP) is 3.18. The van der Waals surface area contributed by atoms with Crippen LogP contribution in [0.5, 0.6) is 0 Å². The van der Waals surface area contributed by atoms with Crippen molar-refractivity contribution in [2.24, 2.45) is 11.7 Å². The summed E-state index contributed by atoms with van der Waals surface area (Å²) in [6, 6.07) is 9.23. The van der Waals surface area contributed by atoms with Gasteiger partial charge < -0.3 is 15.5 Å². The number of furan rings is 1. The van der Waals surface area contributed by atoms with Crippen molar-refractivity contribution in [3.05, 3.63) is 64.6 Å². The number of hydrogen-bond acceptors (Lipinski definition) is 7. The molecular formula is C24H27N5O4S. The maximum absolute atomic E-state index is 12.7. The Kier molecular flexibility index (Phi) is 7.39. The molecule has 1 aromatic carbocycles. The molecule has 178 valence electrons. The molecule has 2 aromatic heterocycles. The number of primary amides is 1. The lowest BCUT2D eigenvalue weighted by atomic mass is 9.97. The lowest BCUT2D eigenvalue weighted by Gasteiger charge is -2.31. The summed E-state index contributed by atoms with van der Waals surface area (Å²) < 4.78 is 5.16. The third-order valence-electron chi connectivity index (χ3n) is 5.81. The number of carbonyl (C=O) groups is 3. The van der Waals surface area contributed by atoms with Crippen LogP contribution in [-0.4, -0.2) is 40.7 Å². The predicted molar refractivity (Wildman–Crippen MR) is 129 cm³/mol. The highest BCUT2D eigenvalue weighted by atomic mass is 32.1. The molecule has 1 saturated heterocycles. The number of aryl methyl sites for hydroxylation is 1. The average molecular weight is 482 g/mol. The molecule has 1 unspecified atom stereocenters. The highest BCUT2D eigenvalue weighted by molar-refractivity contribution is 7.14. The number of likely N-dealkylation sites (tertiary alicyclic amines) is 1. The van der Waals surface area contributed by atoms with Gasteiger partial charge in [-0.1, -0.05) is 18.2 Å². The van der Waals surface area contributed by atoms with Crippen molar-refractivity contribution in [2.75, 3.05) is 23.7 Å². The van der Waals surface area contributed by atoms with Crippen molar-refractivity contribution < 1.29 is 18.8 Å². The van der Waals surface area contributed by atoms with E-state index in [0.717, 1.165) is 30.6 Å². The minimum absolute atomic E-state index is 0.0822. The van der Waals surface area contributed by atoms with Gasteiger partial charge in [0.25, 0.3) is 5.91 Å². The second-order valence-corrected chi connectivity index (χ2v) is 9.21. The normalized spacial score (nSPS) is 16.2. The van der Waals surface area contributed by atoms with Crippen LogP contribution in [-0.2, 0) is 22.6 Å². The van der Waals surface area contributed by atoms with E-state index in [2.05, 4.69) is 20.5 Å². The third-order valence-corrected chi connectivity index (χ3v) is 6.62. The number of anilines is 2. The number of nitrogens with two attached hydrogens (primary N) is 1. The molecule has 0 spiro atoms. The molecule has 3 amide bonds. The quantitative estimate of drug-likeness (QED) is 0.453. The SMILES string of the molecule is Cc1occc1C(=O)Nc1nc(CC(=O)Nc2ccccc2CN2CCCC(C(N)=O)C2)cs1. The fourth-order valence-corrected chi connectivity index (χ4v) is 4.75. The van der Waals surface area contributed by atoms with E-state index < -0.39 is 0 Å². The number of thiazole rings is 1. The number of nitrogens with one attached hydrogen (secondary N) is 2. The van der Waals surface area contributed by atoms with E-state index in [9.17, 15) is 14.4 Å². The van der Waals surface area contributed by atoms with E-state index in [1.807, 2.05) is 24.3 Å². The van der Waals surface area contributed by atoms with Gasteiger partial charge in [-0.15, -0.1) is 11.3 Å². The Labute approximate surface area is 201 Å². The maximum atomic E-state index is 12.7. The molecule has 9 nitrogen and oxygen atoms in total. The number of amides is 3. The molecule has 34 heavy (non-hydrogen) atoms. The van der Waals surface area contributed by atoms with Crippen molar-refractivity contribution in [1.29, 1.82) is 0 Å². The molecule has 1 atom stereocenters. The molecule has 0 radical (unpaired) electrons. The van der Waals surface area contributed by atoms with E-state index in [1.54, 1.807) is 18.4 Å². The highest BCUT2D eigenvalue weighted by Gasteiger charge is 2.24. The maximum Gasteiger partial charge on any atom is 0.260 e. The Hall–Kier alpha value is -3.50. The number of carbonyl (C=O) groups excluding carboxylic acids is 3. The first-order valence-electron chi connectivity index (χ1n) is 11.1. The summed E-state index contributed by atoms with van der Waals surface area (Å²) in [5, 5.41) is 7.87. The number of aromatic nitrogens is 1. The van der Waals surface area contributed by atoms with E-state index in [-0.39, 0.29) is 30.1 Å². The summed E-state index contributed by atoms with van der Waals surface area (Å²) in [7, 11) is 0. The molecule has 1 fully saturated rings. The van der Waals surface area contributed by atoms with Crippen molar-refractivity contribution >= 4 is 39.9 Å². The van der Waals surface area contributed by atoms with Crippen LogP contribution in [0.3, 0.4) is 0 Å². The molecule has 0 saturated carbocycles. The van der Waals surface area contributed by atoms with Gasteiger partial charge in [0.15, 0.2) is 5.13 Å². The van der Waals surface area contributed by atoms with Gasteiger partial charge in [0.1, 0.15) is 5.76 Å². The Bertz CT molecular complexity index is 1190. The van der Waals surface area contributed by atoms with Gasteiger partial charge >= 0.3 is 0 Å². The first-order chi connectivity index (χ1) is 16.4. The van der Waals surface area contributed by atoms with Gasteiger partial charge in [0.2, 0.25) is 11.8 Å². The zero-order valence-electron chi connectivity index (χ0n) is 18.9.